The lowest BCUT2D eigenvalue weighted by Gasteiger charge is -2.19. The maximum absolute atomic E-state index is 5.94. The molecule has 0 saturated heterocycles. The van der Waals surface area contributed by atoms with Crippen molar-refractivity contribution in [3.05, 3.63) is 35.0 Å². The maximum Gasteiger partial charge on any atom is 0.0472 e. The van der Waals surface area contributed by atoms with E-state index in [1.165, 1.54) is 10.9 Å². The smallest absolute Gasteiger partial charge is 0.0472 e. The van der Waals surface area contributed by atoms with Gasteiger partial charge in [-0.2, -0.15) is 0 Å². The van der Waals surface area contributed by atoms with E-state index < -0.39 is 0 Å². The highest BCUT2D eigenvalue weighted by molar-refractivity contribution is 6.31. The molecule has 1 unspecified atom stereocenters. The van der Waals surface area contributed by atoms with Crippen molar-refractivity contribution in [1.29, 1.82) is 0 Å². The van der Waals surface area contributed by atoms with E-state index in [4.69, 9.17) is 11.6 Å². The van der Waals surface area contributed by atoms with Crippen LogP contribution in [0.5, 0.6) is 0 Å². The first-order valence-electron chi connectivity index (χ1n) is 5.02. The molecule has 0 saturated carbocycles. The first kappa shape index (κ1) is 10.5. The minimum absolute atomic E-state index is 0.403. The number of hydrogen-bond acceptors (Lipinski definition) is 1. The van der Waals surface area contributed by atoms with Gasteiger partial charge in [0.15, 0.2) is 0 Å². The largest absolute Gasteiger partial charge is 0.361 e. The van der Waals surface area contributed by atoms with Crippen molar-refractivity contribution < 1.29 is 0 Å². The number of H-pyrrole nitrogens is 1. The van der Waals surface area contributed by atoms with Crippen molar-refractivity contribution in [1.82, 2.24) is 9.88 Å². The Bertz CT molecular complexity index is 473. The molecule has 2 nitrogen and oxygen atoms in total. The number of hydrogen-bond donors (Lipinski definition) is 1. The van der Waals surface area contributed by atoms with Crippen molar-refractivity contribution in [3.63, 3.8) is 0 Å². The summed E-state index contributed by atoms with van der Waals surface area (Å²) in [5, 5.41) is 2.02. The summed E-state index contributed by atoms with van der Waals surface area (Å²) >= 11 is 5.94. The molecule has 0 fully saturated rings. The van der Waals surface area contributed by atoms with Crippen LogP contribution in [0, 0.1) is 0 Å². The van der Waals surface area contributed by atoms with E-state index in [0.717, 1.165) is 10.5 Å². The fourth-order valence-electron chi connectivity index (χ4n) is 1.74. The van der Waals surface area contributed by atoms with Gasteiger partial charge in [0.25, 0.3) is 0 Å². The molecule has 0 radical (unpaired) electrons. The monoisotopic (exact) mass is 222 g/mol. The quantitative estimate of drug-likeness (QED) is 0.825. The second-order valence-corrected chi connectivity index (χ2v) is 4.51. The summed E-state index contributed by atoms with van der Waals surface area (Å²) in [5.41, 5.74) is 2.41. The van der Waals surface area contributed by atoms with E-state index in [2.05, 4.69) is 43.2 Å². The molecular weight excluding hydrogens is 208 g/mol. The highest BCUT2D eigenvalue weighted by atomic mass is 35.5. The van der Waals surface area contributed by atoms with E-state index in [9.17, 15) is 0 Å². The topological polar surface area (TPSA) is 19.0 Å². The number of rotatable bonds is 2. The molecule has 1 aromatic carbocycles. The van der Waals surface area contributed by atoms with E-state index in [1.807, 2.05) is 12.1 Å². The summed E-state index contributed by atoms with van der Waals surface area (Å²) in [6, 6.07) is 6.37. The van der Waals surface area contributed by atoms with Gasteiger partial charge in [-0.15, -0.1) is 0 Å². The number of aromatic nitrogens is 1. The Morgan fingerprint density at radius 3 is 2.73 bits per heavy atom. The second-order valence-electron chi connectivity index (χ2n) is 4.07. The summed E-state index contributed by atoms with van der Waals surface area (Å²) in [5.74, 6) is 0. The van der Waals surface area contributed by atoms with E-state index in [1.54, 1.807) is 0 Å². The van der Waals surface area contributed by atoms with Crippen LogP contribution < -0.4 is 0 Å². The van der Waals surface area contributed by atoms with Gasteiger partial charge < -0.3 is 9.88 Å². The zero-order valence-corrected chi connectivity index (χ0v) is 9.97. The molecule has 3 heteroatoms. The fraction of sp³-hybridized carbons (Fsp3) is 0.333. The molecule has 2 aromatic rings. The van der Waals surface area contributed by atoms with Crippen LogP contribution in [0.15, 0.2) is 24.4 Å². The Kier molecular flexibility index (Phi) is 2.72. The van der Waals surface area contributed by atoms with Crippen LogP contribution in [0.2, 0.25) is 5.02 Å². The van der Waals surface area contributed by atoms with Crippen LogP contribution >= 0.6 is 11.6 Å². The molecule has 2 rings (SSSR count). The summed E-state index contributed by atoms with van der Waals surface area (Å²) in [6.07, 6.45) is 2.06. The van der Waals surface area contributed by atoms with Crippen LogP contribution in [0.25, 0.3) is 10.9 Å². The van der Waals surface area contributed by atoms with E-state index >= 15 is 0 Å². The predicted molar refractivity (Wildman–Crippen MR) is 65.4 cm³/mol. The molecule has 1 N–H and O–H groups in total. The number of nitrogens with zero attached hydrogens (tertiary/aromatic N) is 1. The second kappa shape index (κ2) is 3.87. The number of benzene rings is 1. The molecular formula is C12H15ClN2. The molecule has 80 valence electrons. The summed E-state index contributed by atoms with van der Waals surface area (Å²) in [4.78, 5) is 5.45. The van der Waals surface area contributed by atoms with Gasteiger partial charge in [0, 0.05) is 28.2 Å². The predicted octanol–water partition coefficient (Wildman–Crippen LogP) is 3.44. The number of fused-ring (bicyclic) bond motifs is 1. The molecule has 0 aliphatic carbocycles. The van der Waals surface area contributed by atoms with Gasteiger partial charge in [0.05, 0.1) is 0 Å². The van der Waals surface area contributed by atoms with Crippen molar-refractivity contribution >= 4 is 22.5 Å². The van der Waals surface area contributed by atoms with Crippen LogP contribution in [-0.4, -0.2) is 24.0 Å². The Morgan fingerprint density at radius 2 is 2.07 bits per heavy atom. The molecule has 0 amide bonds. The lowest BCUT2D eigenvalue weighted by atomic mass is 10.1. The minimum Gasteiger partial charge on any atom is -0.361 e. The standard InChI is InChI=1S/C12H15ClN2/c1-8(15(2)3)11-7-14-12-6-9(13)4-5-10(11)12/h4-8,14H,1-3H3. The Hall–Kier alpha value is -0.990. The van der Waals surface area contributed by atoms with Gasteiger partial charge in [-0.25, -0.2) is 0 Å². The minimum atomic E-state index is 0.403. The lowest BCUT2D eigenvalue weighted by Crippen LogP contribution is -2.16. The molecule has 0 spiro atoms. The molecule has 1 atom stereocenters. The molecule has 0 aliphatic rings. The highest BCUT2D eigenvalue weighted by Crippen LogP contribution is 2.28. The number of nitrogens with one attached hydrogen (secondary N) is 1. The van der Waals surface area contributed by atoms with Gasteiger partial charge in [-0.05, 0) is 38.7 Å². The average Bonchev–Trinajstić information content (AvgIpc) is 2.59. The van der Waals surface area contributed by atoms with E-state index in [-0.39, 0.29) is 0 Å². The third-order valence-corrected chi connectivity index (χ3v) is 3.14. The normalized spacial score (nSPS) is 13.7. The van der Waals surface area contributed by atoms with E-state index in [0.29, 0.717) is 6.04 Å². The molecule has 0 aliphatic heterocycles. The summed E-state index contributed by atoms with van der Waals surface area (Å²) in [7, 11) is 4.17. The van der Waals surface area contributed by atoms with Gasteiger partial charge in [-0.3, -0.25) is 0 Å². The maximum atomic E-state index is 5.94. The van der Waals surface area contributed by atoms with Crippen LogP contribution in [0.3, 0.4) is 0 Å². The fourth-order valence-corrected chi connectivity index (χ4v) is 1.92. The number of aromatic amines is 1. The van der Waals surface area contributed by atoms with Crippen molar-refractivity contribution in [2.75, 3.05) is 14.1 Å². The van der Waals surface area contributed by atoms with Gasteiger partial charge in [0.1, 0.15) is 0 Å². The molecule has 15 heavy (non-hydrogen) atoms. The highest BCUT2D eigenvalue weighted by Gasteiger charge is 2.12. The lowest BCUT2D eigenvalue weighted by molar-refractivity contribution is 0.323. The third kappa shape index (κ3) is 1.87. The first-order valence-corrected chi connectivity index (χ1v) is 5.40. The average molecular weight is 223 g/mol. The van der Waals surface area contributed by atoms with Gasteiger partial charge in [0.2, 0.25) is 0 Å². The SMILES string of the molecule is CC(c1c[nH]c2cc(Cl)ccc12)N(C)C. The van der Waals surface area contributed by atoms with Crippen LogP contribution in [0.1, 0.15) is 18.5 Å². The van der Waals surface area contributed by atoms with Gasteiger partial charge in [-0.1, -0.05) is 17.7 Å². The zero-order chi connectivity index (χ0) is 11.0. The third-order valence-electron chi connectivity index (χ3n) is 2.90. The Labute approximate surface area is 94.8 Å². The van der Waals surface area contributed by atoms with Gasteiger partial charge >= 0.3 is 0 Å². The van der Waals surface area contributed by atoms with Crippen molar-refractivity contribution in [2.24, 2.45) is 0 Å². The summed E-state index contributed by atoms with van der Waals surface area (Å²) in [6.45, 7) is 2.19. The van der Waals surface area contributed by atoms with Crippen LogP contribution in [0.4, 0.5) is 0 Å². The van der Waals surface area contributed by atoms with Crippen molar-refractivity contribution in [2.45, 2.75) is 13.0 Å². The Balaban J connectivity index is 2.54. The van der Waals surface area contributed by atoms with Crippen molar-refractivity contribution in [3.8, 4) is 0 Å². The Morgan fingerprint density at radius 1 is 1.33 bits per heavy atom. The summed E-state index contributed by atoms with van der Waals surface area (Å²) < 4.78 is 0. The van der Waals surface area contributed by atoms with Crippen LogP contribution in [-0.2, 0) is 0 Å². The molecule has 1 heterocycles. The number of halogens is 1. The zero-order valence-electron chi connectivity index (χ0n) is 9.21. The molecule has 0 bridgehead atoms. The first-order chi connectivity index (χ1) is 7.09. The molecule has 1 aromatic heterocycles.